The normalized spacial score (nSPS) is 20.9. The number of benzene rings is 2. The van der Waals surface area contributed by atoms with Gasteiger partial charge in [-0.05, 0) is 41.3 Å². The monoisotopic (exact) mass is 397 g/mol. The molecule has 1 saturated carbocycles. The lowest BCUT2D eigenvalue weighted by atomic mass is 10.0. The first-order valence-electron chi connectivity index (χ1n) is 8.37. The van der Waals surface area contributed by atoms with Crippen molar-refractivity contribution >= 4 is 17.5 Å². The van der Waals surface area contributed by atoms with Crippen molar-refractivity contribution in [3.05, 3.63) is 64.2 Å². The number of carbonyl (C=O) groups is 1. The average Bonchev–Trinajstić information content (AvgIpc) is 3.14. The van der Waals surface area contributed by atoms with E-state index in [1.54, 1.807) is 12.1 Å². The smallest absolute Gasteiger partial charge is 0.416 e. The molecule has 1 N–H and O–H groups in total. The van der Waals surface area contributed by atoms with Gasteiger partial charge in [0, 0.05) is 17.0 Å². The Kier molecular flexibility index (Phi) is 4.89. The molecule has 0 aliphatic heterocycles. The summed E-state index contributed by atoms with van der Waals surface area (Å²) >= 11 is 5.97. The largest absolute Gasteiger partial charge is 0.496 e. The summed E-state index contributed by atoms with van der Waals surface area (Å²) in [5.74, 6) is -0.00261. The zero-order valence-electron chi connectivity index (χ0n) is 15.0. The van der Waals surface area contributed by atoms with Crippen LogP contribution in [0.5, 0.6) is 5.75 Å². The van der Waals surface area contributed by atoms with E-state index in [0.717, 1.165) is 17.7 Å². The molecule has 2 atom stereocenters. The lowest BCUT2D eigenvalue weighted by Crippen LogP contribution is -2.29. The highest BCUT2D eigenvalue weighted by atomic mass is 35.5. The Morgan fingerprint density at radius 3 is 2.33 bits per heavy atom. The molecule has 1 fully saturated rings. The van der Waals surface area contributed by atoms with Gasteiger partial charge < -0.3 is 10.1 Å². The molecule has 2 unspecified atom stereocenters. The molecule has 0 aromatic heterocycles. The Morgan fingerprint density at radius 2 is 1.78 bits per heavy atom. The van der Waals surface area contributed by atoms with Crippen molar-refractivity contribution in [3.8, 4) is 5.75 Å². The van der Waals surface area contributed by atoms with Crippen LogP contribution in [0, 0.1) is 5.41 Å². The molecule has 0 bridgehead atoms. The van der Waals surface area contributed by atoms with Gasteiger partial charge in [0.15, 0.2) is 0 Å². The Labute approximate surface area is 160 Å². The first-order valence-corrected chi connectivity index (χ1v) is 8.75. The van der Waals surface area contributed by atoms with Crippen LogP contribution in [0.3, 0.4) is 0 Å². The van der Waals surface area contributed by atoms with Crippen molar-refractivity contribution < 1.29 is 22.7 Å². The molecule has 0 spiro atoms. The number of rotatable bonds is 4. The van der Waals surface area contributed by atoms with Gasteiger partial charge in [0.2, 0.25) is 0 Å². The summed E-state index contributed by atoms with van der Waals surface area (Å²) in [5, 5.41) is 3.37. The van der Waals surface area contributed by atoms with Crippen molar-refractivity contribution in [3.63, 3.8) is 0 Å². The molecular formula is C20H19ClF3NO2. The Morgan fingerprint density at radius 1 is 1.15 bits per heavy atom. The van der Waals surface area contributed by atoms with E-state index in [1.165, 1.54) is 25.3 Å². The number of amides is 1. The molecule has 2 aromatic carbocycles. The van der Waals surface area contributed by atoms with Crippen molar-refractivity contribution in [2.75, 3.05) is 7.11 Å². The van der Waals surface area contributed by atoms with Crippen LogP contribution in [0.4, 0.5) is 13.2 Å². The minimum atomic E-state index is -4.37. The van der Waals surface area contributed by atoms with Crippen LogP contribution in [0.1, 0.15) is 41.3 Å². The third-order valence-electron chi connectivity index (χ3n) is 5.12. The van der Waals surface area contributed by atoms with Crippen molar-refractivity contribution in [1.82, 2.24) is 5.32 Å². The van der Waals surface area contributed by atoms with Gasteiger partial charge in [-0.2, -0.15) is 13.2 Å². The zero-order chi connectivity index (χ0) is 20.0. The van der Waals surface area contributed by atoms with Crippen LogP contribution < -0.4 is 10.1 Å². The van der Waals surface area contributed by atoms with Gasteiger partial charge in [0.05, 0.1) is 18.2 Å². The highest BCUT2D eigenvalue weighted by Crippen LogP contribution is 2.58. The van der Waals surface area contributed by atoms with Crippen molar-refractivity contribution in [2.45, 2.75) is 32.0 Å². The maximum Gasteiger partial charge on any atom is 0.416 e. The lowest BCUT2D eigenvalue weighted by Gasteiger charge is -2.10. The number of hydrogen-bond donors (Lipinski definition) is 1. The maximum atomic E-state index is 12.7. The molecule has 1 aliphatic carbocycles. The molecule has 1 amide bonds. The Hall–Kier alpha value is -2.21. The molecule has 0 saturated heterocycles. The third-order valence-corrected chi connectivity index (χ3v) is 5.35. The van der Waals surface area contributed by atoms with Crippen LogP contribution in [-0.4, -0.2) is 19.1 Å². The number of alkyl halides is 3. The standard InChI is InChI=1S/C20H19ClF3NO2/c1-19(2)16(11-4-6-12(7-5-11)20(22,23)24)17(19)25-18(26)14-10-13(21)8-9-15(14)27-3/h4-10,16-17H,1-3H3,(H,25,26). The highest BCUT2D eigenvalue weighted by molar-refractivity contribution is 6.31. The summed E-state index contributed by atoms with van der Waals surface area (Å²) < 4.78 is 43.5. The molecule has 7 heteroatoms. The number of methoxy groups -OCH3 is 1. The van der Waals surface area contributed by atoms with Gasteiger partial charge in [0.25, 0.3) is 5.91 Å². The summed E-state index contributed by atoms with van der Waals surface area (Å²) in [6, 6.07) is 9.66. The van der Waals surface area contributed by atoms with E-state index < -0.39 is 11.7 Å². The number of hydrogen-bond acceptors (Lipinski definition) is 2. The van der Waals surface area contributed by atoms with E-state index in [4.69, 9.17) is 16.3 Å². The summed E-state index contributed by atoms with van der Waals surface area (Å²) in [7, 11) is 1.46. The number of carbonyl (C=O) groups excluding carboxylic acids is 1. The molecule has 0 heterocycles. The van der Waals surface area contributed by atoms with Crippen LogP contribution in [-0.2, 0) is 6.18 Å². The predicted molar refractivity (Wildman–Crippen MR) is 97.2 cm³/mol. The molecule has 3 rings (SSSR count). The average molecular weight is 398 g/mol. The summed E-state index contributed by atoms with van der Waals surface area (Å²) in [6.07, 6.45) is -4.37. The van der Waals surface area contributed by atoms with E-state index in [0.29, 0.717) is 16.3 Å². The second kappa shape index (κ2) is 6.75. The predicted octanol–water partition coefficient (Wildman–Crippen LogP) is 5.29. The minimum Gasteiger partial charge on any atom is -0.496 e. The SMILES string of the molecule is COc1ccc(Cl)cc1C(=O)NC1C(c2ccc(C(F)(F)F)cc2)C1(C)C. The fourth-order valence-corrected chi connectivity index (χ4v) is 3.66. The van der Waals surface area contributed by atoms with Crippen LogP contribution >= 0.6 is 11.6 Å². The third kappa shape index (κ3) is 3.76. The van der Waals surface area contributed by atoms with E-state index in [1.807, 2.05) is 13.8 Å². The van der Waals surface area contributed by atoms with Gasteiger partial charge in [-0.3, -0.25) is 4.79 Å². The number of halogens is 4. The second-order valence-corrected chi connectivity index (χ2v) is 7.65. The van der Waals surface area contributed by atoms with Gasteiger partial charge >= 0.3 is 6.18 Å². The van der Waals surface area contributed by atoms with Gasteiger partial charge in [-0.25, -0.2) is 0 Å². The zero-order valence-corrected chi connectivity index (χ0v) is 15.8. The fourth-order valence-electron chi connectivity index (χ4n) is 3.49. The topological polar surface area (TPSA) is 38.3 Å². The second-order valence-electron chi connectivity index (χ2n) is 7.21. The van der Waals surface area contributed by atoms with Gasteiger partial charge in [-0.15, -0.1) is 0 Å². The first-order chi connectivity index (χ1) is 12.6. The van der Waals surface area contributed by atoms with Crippen molar-refractivity contribution in [1.29, 1.82) is 0 Å². The molecule has 144 valence electrons. The van der Waals surface area contributed by atoms with E-state index in [2.05, 4.69) is 5.32 Å². The fraction of sp³-hybridized carbons (Fsp3) is 0.350. The molecule has 27 heavy (non-hydrogen) atoms. The van der Waals surface area contributed by atoms with Crippen molar-refractivity contribution in [2.24, 2.45) is 5.41 Å². The van der Waals surface area contributed by atoms with E-state index >= 15 is 0 Å². The van der Waals surface area contributed by atoms with E-state index in [9.17, 15) is 18.0 Å². The quantitative estimate of drug-likeness (QED) is 0.761. The first kappa shape index (κ1) is 19.5. The lowest BCUT2D eigenvalue weighted by molar-refractivity contribution is -0.137. The highest BCUT2D eigenvalue weighted by Gasteiger charge is 2.59. The Balaban J connectivity index is 1.79. The molecule has 2 aromatic rings. The maximum absolute atomic E-state index is 12.7. The number of nitrogens with one attached hydrogen (secondary N) is 1. The molecular weight excluding hydrogens is 379 g/mol. The van der Waals surface area contributed by atoms with Gasteiger partial charge in [0.1, 0.15) is 5.75 Å². The molecule has 1 aliphatic rings. The van der Waals surface area contributed by atoms with E-state index in [-0.39, 0.29) is 23.3 Å². The number of ether oxygens (including phenoxy) is 1. The van der Waals surface area contributed by atoms with Crippen LogP contribution in [0.25, 0.3) is 0 Å². The summed E-state index contributed by atoms with van der Waals surface area (Å²) in [4.78, 5) is 12.7. The van der Waals surface area contributed by atoms with Gasteiger partial charge in [-0.1, -0.05) is 37.6 Å². The van der Waals surface area contributed by atoms with Crippen LogP contribution in [0.15, 0.2) is 42.5 Å². The summed E-state index contributed by atoms with van der Waals surface area (Å²) in [5.41, 5.74) is 0.116. The molecule has 0 radical (unpaired) electrons. The Bertz CT molecular complexity index is 863. The summed E-state index contributed by atoms with van der Waals surface area (Å²) in [6.45, 7) is 3.94. The van der Waals surface area contributed by atoms with Crippen LogP contribution in [0.2, 0.25) is 5.02 Å². The molecule has 3 nitrogen and oxygen atoms in total. The minimum absolute atomic E-state index is 0.0751.